The zero-order valence-electron chi connectivity index (χ0n) is 10.2. The molecule has 3 heterocycles. The van der Waals surface area contributed by atoms with Crippen LogP contribution in [0.15, 0.2) is 18.3 Å². The van der Waals surface area contributed by atoms with Crippen molar-refractivity contribution in [1.29, 1.82) is 0 Å². The van der Waals surface area contributed by atoms with Gasteiger partial charge in [-0.25, -0.2) is 4.98 Å². The van der Waals surface area contributed by atoms with Crippen molar-refractivity contribution in [3.05, 3.63) is 34.7 Å². The molecule has 0 N–H and O–H groups in total. The number of nitrogens with zero attached hydrogens (tertiary/aromatic N) is 3. The predicted octanol–water partition coefficient (Wildman–Crippen LogP) is 2.75. The van der Waals surface area contributed by atoms with Crippen LogP contribution in [0.3, 0.4) is 0 Å². The number of pyridine rings is 1. The van der Waals surface area contributed by atoms with Gasteiger partial charge in [-0.05, 0) is 26.0 Å². The third-order valence-electron chi connectivity index (χ3n) is 3.50. The van der Waals surface area contributed by atoms with Gasteiger partial charge in [-0.3, -0.25) is 4.90 Å². The second-order valence-corrected chi connectivity index (χ2v) is 5.28. The summed E-state index contributed by atoms with van der Waals surface area (Å²) in [6.45, 7) is 6.50. The molecule has 0 amide bonds. The molecule has 0 aliphatic carbocycles. The maximum Gasteiger partial charge on any atom is 0.156 e. The van der Waals surface area contributed by atoms with Crippen molar-refractivity contribution in [2.75, 3.05) is 6.54 Å². The molecule has 4 heteroatoms. The Kier molecular flexibility index (Phi) is 2.60. The maximum absolute atomic E-state index is 6.18. The van der Waals surface area contributed by atoms with Crippen LogP contribution in [0.5, 0.6) is 0 Å². The van der Waals surface area contributed by atoms with Crippen LogP contribution in [-0.4, -0.2) is 26.9 Å². The van der Waals surface area contributed by atoms with Crippen LogP contribution in [0.2, 0.25) is 5.02 Å². The van der Waals surface area contributed by atoms with E-state index in [2.05, 4.69) is 34.3 Å². The van der Waals surface area contributed by atoms with E-state index < -0.39 is 0 Å². The molecule has 0 saturated heterocycles. The molecular formula is C13H16ClN3. The molecule has 0 bridgehead atoms. The quantitative estimate of drug-likeness (QED) is 0.775. The van der Waals surface area contributed by atoms with E-state index >= 15 is 0 Å². The van der Waals surface area contributed by atoms with Crippen LogP contribution < -0.4 is 0 Å². The van der Waals surface area contributed by atoms with Gasteiger partial charge in [0.05, 0.1) is 10.7 Å². The predicted molar refractivity (Wildman–Crippen MR) is 69.5 cm³/mol. The van der Waals surface area contributed by atoms with Crippen LogP contribution >= 0.6 is 11.6 Å². The minimum absolute atomic E-state index is 0.573. The fourth-order valence-electron chi connectivity index (χ4n) is 2.48. The fraction of sp³-hybridized carbons (Fsp3) is 0.462. The van der Waals surface area contributed by atoms with E-state index in [0.717, 1.165) is 30.2 Å². The van der Waals surface area contributed by atoms with Crippen LogP contribution in [-0.2, 0) is 13.0 Å². The van der Waals surface area contributed by atoms with Crippen LogP contribution in [0.25, 0.3) is 5.65 Å². The van der Waals surface area contributed by atoms with Gasteiger partial charge >= 0.3 is 0 Å². The number of aromatic nitrogens is 2. The molecule has 17 heavy (non-hydrogen) atoms. The monoisotopic (exact) mass is 249 g/mol. The highest BCUT2D eigenvalue weighted by molar-refractivity contribution is 6.33. The van der Waals surface area contributed by atoms with Crippen LogP contribution in [0.4, 0.5) is 0 Å². The zero-order valence-corrected chi connectivity index (χ0v) is 10.9. The van der Waals surface area contributed by atoms with E-state index in [4.69, 9.17) is 11.6 Å². The van der Waals surface area contributed by atoms with Crippen LogP contribution in [0, 0.1) is 0 Å². The number of fused-ring (bicyclic) bond motifs is 3. The van der Waals surface area contributed by atoms with Gasteiger partial charge in [-0.15, -0.1) is 0 Å². The van der Waals surface area contributed by atoms with Crippen molar-refractivity contribution in [2.45, 2.75) is 32.9 Å². The lowest BCUT2D eigenvalue weighted by Crippen LogP contribution is -2.36. The maximum atomic E-state index is 6.18. The summed E-state index contributed by atoms with van der Waals surface area (Å²) in [6, 6.07) is 4.45. The summed E-state index contributed by atoms with van der Waals surface area (Å²) >= 11 is 6.18. The molecule has 2 aromatic rings. The van der Waals surface area contributed by atoms with Crippen LogP contribution in [0.1, 0.15) is 25.2 Å². The minimum atomic E-state index is 0.573. The second-order valence-electron chi connectivity index (χ2n) is 4.87. The van der Waals surface area contributed by atoms with Gasteiger partial charge in [0, 0.05) is 37.4 Å². The fourth-order valence-corrected chi connectivity index (χ4v) is 2.69. The Balaban J connectivity index is 2.10. The third kappa shape index (κ3) is 1.74. The highest BCUT2D eigenvalue weighted by Gasteiger charge is 2.23. The lowest BCUT2D eigenvalue weighted by Gasteiger charge is -2.29. The molecule has 0 atom stereocenters. The van der Waals surface area contributed by atoms with E-state index in [9.17, 15) is 0 Å². The zero-order chi connectivity index (χ0) is 12.0. The SMILES string of the molecule is CC(C)N1CCc2c(nc3c(Cl)cccn23)C1. The largest absolute Gasteiger partial charge is 0.302 e. The molecular weight excluding hydrogens is 234 g/mol. The first-order valence-corrected chi connectivity index (χ1v) is 6.43. The molecule has 0 radical (unpaired) electrons. The van der Waals surface area contributed by atoms with Gasteiger partial charge in [0.25, 0.3) is 0 Å². The minimum Gasteiger partial charge on any atom is -0.302 e. The van der Waals surface area contributed by atoms with Crippen molar-refractivity contribution < 1.29 is 0 Å². The molecule has 3 rings (SSSR count). The summed E-state index contributed by atoms with van der Waals surface area (Å²) in [5, 5.41) is 0.734. The topological polar surface area (TPSA) is 20.5 Å². The number of hydrogen-bond acceptors (Lipinski definition) is 2. The summed E-state index contributed by atoms with van der Waals surface area (Å²) in [7, 11) is 0. The second kappa shape index (κ2) is 4.00. The van der Waals surface area contributed by atoms with Gasteiger partial charge in [0.1, 0.15) is 0 Å². The highest BCUT2D eigenvalue weighted by Crippen LogP contribution is 2.25. The average Bonchev–Trinajstić information content (AvgIpc) is 2.68. The molecule has 1 aliphatic rings. The third-order valence-corrected chi connectivity index (χ3v) is 3.80. The standard InChI is InChI=1S/C13H16ClN3/c1-9(2)16-7-5-12-11(8-16)15-13-10(14)4-3-6-17(12)13/h3-4,6,9H,5,7-8H2,1-2H3. The van der Waals surface area contributed by atoms with Gasteiger partial charge < -0.3 is 4.40 Å². The molecule has 0 aromatic carbocycles. The summed E-state index contributed by atoms with van der Waals surface area (Å²) < 4.78 is 2.13. The molecule has 0 spiro atoms. The van der Waals surface area contributed by atoms with Crippen molar-refractivity contribution in [3.8, 4) is 0 Å². The number of imidazole rings is 1. The average molecular weight is 250 g/mol. The summed E-state index contributed by atoms with van der Waals surface area (Å²) in [5.74, 6) is 0. The van der Waals surface area contributed by atoms with Gasteiger partial charge in [0.15, 0.2) is 5.65 Å². The van der Waals surface area contributed by atoms with Crippen molar-refractivity contribution in [3.63, 3.8) is 0 Å². The molecule has 0 saturated carbocycles. The molecule has 0 unspecified atom stereocenters. The lowest BCUT2D eigenvalue weighted by atomic mass is 10.1. The number of rotatable bonds is 1. The highest BCUT2D eigenvalue weighted by atomic mass is 35.5. The van der Waals surface area contributed by atoms with E-state index in [0.29, 0.717) is 6.04 Å². The Bertz CT molecular complexity index is 559. The number of halogens is 1. The van der Waals surface area contributed by atoms with Crippen molar-refractivity contribution in [1.82, 2.24) is 14.3 Å². The molecule has 0 fully saturated rings. The lowest BCUT2D eigenvalue weighted by molar-refractivity contribution is 0.199. The molecule has 1 aliphatic heterocycles. The first-order valence-electron chi connectivity index (χ1n) is 6.05. The molecule has 3 nitrogen and oxygen atoms in total. The van der Waals surface area contributed by atoms with Crippen molar-refractivity contribution in [2.24, 2.45) is 0 Å². The van der Waals surface area contributed by atoms with Gasteiger partial charge in [-0.1, -0.05) is 11.6 Å². The summed E-state index contributed by atoms with van der Waals surface area (Å²) in [4.78, 5) is 7.12. The smallest absolute Gasteiger partial charge is 0.156 e. The Morgan fingerprint density at radius 2 is 2.24 bits per heavy atom. The number of hydrogen-bond donors (Lipinski definition) is 0. The molecule has 2 aromatic heterocycles. The van der Waals surface area contributed by atoms with Crippen molar-refractivity contribution >= 4 is 17.2 Å². The van der Waals surface area contributed by atoms with Gasteiger partial charge in [-0.2, -0.15) is 0 Å². The molecule has 90 valence electrons. The van der Waals surface area contributed by atoms with E-state index in [1.54, 1.807) is 0 Å². The Hall–Kier alpha value is -1.06. The van der Waals surface area contributed by atoms with Gasteiger partial charge in [0.2, 0.25) is 0 Å². The Morgan fingerprint density at radius 1 is 1.41 bits per heavy atom. The first-order chi connectivity index (χ1) is 8.16. The normalized spacial score (nSPS) is 16.7. The summed E-state index contributed by atoms with van der Waals surface area (Å²) in [5.41, 5.74) is 3.39. The van der Waals surface area contributed by atoms with E-state index in [1.165, 1.54) is 11.4 Å². The summed E-state index contributed by atoms with van der Waals surface area (Å²) in [6.07, 6.45) is 3.10. The Labute approximate surface area is 106 Å². The Morgan fingerprint density at radius 3 is 3.00 bits per heavy atom. The van der Waals surface area contributed by atoms with E-state index in [-0.39, 0.29) is 0 Å². The first kappa shape index (κ1) is 11.1. The van der Waals surface area contributed by atoms with E-state index in [1.807, 2.05) is 12.1 Å².